The Morgan fingerprint density at radius 1 is 0.773 bits per heavy atom. The molecule has 0 saturated heterocycles. The SMILES string of the molecule is CC.CC(=O)CNC(=O)C1Cc2ccc(OC(=O)OC(C)(C)C)c(c2)-c2cc(ccc2O)C(N(C)C(=O)CNC(=O)c2ccc(-c3ccc(Cl)cc3)cc2)C(=O)NCC(=O)N1.CCCCNC(=O)OC(C)(C)C.CCl. The van der Waals surface area contributed by atoms with Gasteiger partial charge < -0.3 is 50.8 Å². The highest BCUT2D eigenvalue weighted by molar-refractivity contribution is 6.30. The van der Waals surface area contributed by atoms with E-state index in [0.717, 1.165) is 28.9 Å². The summed E-state index contributed by atoms with van der Waals surface area (Å²) in [4.78, 5) is 104. The molecule has 1 heterocycles. The summed E-state index contributed by atoms with van der Waals surface area (Å²) in [6.45, 7) is 17.2. The van der Waals surface area contributed by atoms with E-state index in [9.17, 15) is 43.5 Å². The van der Waals surface area contributed by atoms with Crippen LogP contribution >= 0.6 is 23.2 Å². The highest BCUT2D eigenvalue weighted by Gasteiger charge is 2.32. The molecule has 4 aromatic carbocycles. The molecule has 20 heteroatoms. The molecule has 0 spiro atoms. The molecule has 18 nitrogen and oxygen atoms in total. The van der Waals surface area contributed by atoms with E-state index in [0.29, 0.717) is 17.1 Å². The van der Waals surface area contributed by atoms with Crippen molar-refractivity contribution in [2.45, 2.75) is 112 Å². The number of carbonyl (C=O) groups is 8. The number of halogens is 2. The fraction of sp³-hybridized carbons (Fsp3) is 0.418. The number of ketones is 1. The van der Waals surface area contributed by atoms with E-state index >= 15 is 0 Å². The van der Waals surface area contributed by atoms with E-state index in [-0.39, 0.29) is 58.6 Å². The van der Waals surface area contributed by atoms with Gasteiger partial charge in [-0.1, -0.05) is 75.2 Å². The smallest absolute Gasteiger partial charge is 0.507 e. The zero-order chi connectivity index (χ0) is 56.6. The Bertz CT molecular complexity index is 2580. The number of amides is 6. The minimum absolute atomic E-state index is 0.0569. The monoisotopic (exact) mass is 1080 g/mol. The van der Waals surface area contributed by atoms with Crippen LogP contribution in [0.5, 0.6) is 11.5 Å². The third-order valence-corrected chi connectivity index (χ3v) is 10.5. The Morgan fingerprint density at radius 3 is 1.95 bits per heavy atom. The maximum Gasteiger partial charge on any atom is 0.514 e. The number of alkyl halides is 1. The number of nitrogens with one attached hydrogen (secondary N) is 5. The molecule has 4 bridgehead atoms. The number of hydrogen-bond donors (Lipinski definition) is 6. The van der Waals surface area contributed by atoms with Crippen molar-refractivity contribution in [1.82, 2.24) is 31.5 Å². The number of hydrogen-bond acceptors (Lipinski definition) is 12. The lowest BCUT2D eigenvalue weighted by Gasteiger charge is -2.29. The molecular weight excluding hydrogens is 1010 g/mol. The average Bonchev–Trinajstić information content (AvgIpc) is 3.35. The number of fused-ring (bicyclic) bond motifs is 5. The molecule has 408 valence electrons. The van der Waals surface area contributed by atoms with Crippen LogP contribution in [-0.4, -0.2) is 114 Å². The molecular formula is C55H72Cl2N6O12. The van der Waals surface area contributed by atoms with E-state index in [1.165, 1.54) is 50.7 Å². The van der Waals surface area contributed by atoms with Gasteiger partial charge in [0.1, 0.15) is 40.6 Å². The number of aromatic hydroxyl groups is 1. The minimum atomic E-state index is -1.43. The second-order valence-corrected chi connectivity index (χ2v) is 19.0. The number of ether oxygens (including phenoxy) is 3. The van der Waals surface area contributed by atoms with Crippen LogP contribution in [0.3, 0.4) is 0 Å². The number of benzene rings is 4. The molecule has 6 amide bonds. The van der Waals surface area contributed by atoms with Gasteiger partial charge in [-0.3, -0.25) is 28.8 Å². The van der Waals surface area contributed by atoms with Crippen molar-refractivity contribution >= 4 is 70.8 Å². The van der Waals surface area contributed by atoms with E-state index in [1.807, 2.05) is 46.8 Å². The van der Waals surface area contributed by atoms with Crippen LogP contribution in [0.25, 0.3) is 22.3 Å². The highest BCUT2D eigenvalue weighted by Crippen LogP contribution is 2.40. The number of phenolic OH excluding ortho intramolecular Hbond substituents is 1. The van der Waals surface area contributed by atoms with E-state index < -0.39 is 72.1 Å². The average molecular weight is 1080 g/mol. The van der Waals surface area contributed by atoms with Gasteiger partial charge in [0.05, 0.1) is 19.6 Å². The quantitative estimate of drug-likeness (QED) is 0.0338. The number of nitrogens with zero attached hydrogens (tertiary/aromatic N) is 1. The molecule has 0 aromatic heterocycles. The Kier molecular flexibility index (Phi) is 26.3. The molecule has 0 fully saturated rings. The first kappa shape index (κ1) is 63.9. The highest BCUT2D eigenvalue weighted by atomic mass is 35.5. The van der Waals surface area contributed by atoms with Gasteiger partial charge in [-0.05, 0) is 126 Å². The van der Waals surface area contributed by atoms with Crippen molar-refractivity contribution in [2.75, 3.05) is 39.6 Å². The lowest BCUT2D eigenvalue weighted by molar-refractivity contribution is -0.139. The van der Waals surface area contributed by atoms with Gasteiger partial charge in [-0.2, -0.15) is 0 Å². The van der Waals surface area contributed by atoms with Gasteiger partial charge in [0, 0.05) is 48.1 Å². The van der Waals surface area contributed by atoms with Crippen LogP contribution in [0, 0.1) is 0 Å². The lowest BCUT2D eigenvalue weighted by atomic mass is 9.94. The zero-order valence-corrected chi connectivity index (χ0v) is 46.3. The van der Waals surface area contributed by atoms with Gasteiger partial charge in [0.15, 0.2) is 0 Å². The van der Waals surface area contributed by atoms with Crippen molar-refractivity contribution in [1.29, 1.82) is 0 Å². The number of carbonyl (C=O) groups excluding carboxylic acids is 8. The summed E-state index contributed by atoms with van der Waals surface area (Å²) in [5.74, 6) is -4.16. The summed E-state index contributed by atoms with van der Waals surface area (Å²) in [6, 6.07) is 19.9. The number of alkyl carbamates (subject to hydrolysis) is 1. The molecule has 0 saturated carbocycles. The number of unbranched alkanes of at least 4 members (excludes halogenated alkanes) is 1. The van der Waals surface area contributed by atoms with Gasteiger partial charge >= 0.3 is 12.2 Å². The van der Waals surface area contributed by atoms with E-state index in [2.05, 4.69) is 45.1 Å². The van der Waals surface area contributed by atoms with Crippen LogP contribution in [0.1, 0.15) is 110 Å². The lowest BCUT2D eigenvalue weighted by Crippen LogP contribution is -2.52. The molecule has 4 aromatic rings. The molecule has 1 aliphatic rings. The normalized spacial score (nSPS) is 14.0. The summed E-state index contributed by atoms with van der Waals surface area (Å²) in [6.07, 6.45) is 2.07. The fourth-order valence-corrected chi connectivity index (χ4v) is 6.93. The van der Waals surface area contributed by atoms with Crippen LogP contribution in [0.15, 0.2) is 84.9 Å². The van der Waals surface area contributed by atoms with Gasteiger partial charge in [0.25, 0.3) is 5.91 Å². The summed E-state index contributed by atoms with van der Waals surface area (Å²) >= 11 is 10.6. The topological polar surface area (TPSA) is 248 Å². The number of Topliss-reactive ketones (excluding diaryl/α,β-unsaturated/α-hetero) is 1. The maximum absolute atomic E-state index is 14.0. The van der Waals surface area contributed by atoms with E-state index in [4.69, 9.17) is 25.8 Å². The summed E-state index contributed by atoms with van der Waals surface area (Å²) in [5, 5.41) is 24.6. The number of rotatable bonds is 12. The number of likely N-dealkylation sites (N-methyl/N-ethyl adjacent to an activating group) is 1. The second kappa shape index (κ2) is 30.9. The Morgan fingerprint density at radius 2 is 1.37 bits per heavy atom. The first-order valence-corrected chi connectivity index (χ1v) is 25.4. The van der Waals surface area contributed by atoms with Gasteiger partial charge in [-0.25, -0.2) is 9.59 Å². The van der Waals surface area contributed by atoms with Gasteiger partial charge in [0.2, 0.25) is 23.6 Å². The predicted molar refractivity (Wildman–Crippen MR) is 290 cm³/mol. The Hall–Kier alpha value is -7.18. The first-order chi connectivity index (χ1) is 35.3. The van der Waals surface area contributed by atoms with Gasteiger partial charge in [-0.15, -0.1) is 11.6 Å². The molecule has 0 aliphatic carbocycles. The molecule has 0 radical (unpaired) electrons. The minimum Gasteiger partial charge on any atom is -0.507 e. The second-order valence-electron chi connectivity index (χ2n) is 18.6. The number of phenols is 1. The van der Waals surface area contributed by atoms with Crippen molar-refractivity contribution in [3.8, 4) is 33.8 Å². The zero-order valence-electron chi connectivity index (χ0n) is 44.8. The Labute approximate surface area is 449 Å². The fourth-order valence-electron chi connectivity index (χ4n) is 6.81. The van der Waals surface area contributed by atoms with Crippen molar-refractivity contribution in [3.05, 3.63) is 107 Å². The largest absolute Gasteiger partial charge is 0.514 e. The molecule has 2 atom stereocenters. The summed E-state index contributed by atoms with van der Waals surface area (Å²) in [5.41, 5.74) is 1.57. The molecule has 5 rings (SSSR count). The third-order valence-electron chi connectivity index (χ3n) is 10.2. The summed E-state index contributed by atoms with van der Waals surface area (Å²) in [7, 11) is 1.34. The predicted octanol–water partition coefficient (Wildman–Crippen LogP) is 8.68. The first-order valence-electron chi connectivity index (χ1n) is 24.3. The van der Waals surface area contributed by atoms with Crippen LogP contribution < -0.4 is 31.3 Å². The van der Waals surface area contributed by atoms with Crippen molar-refractivity contribution in [2.24, 2.45) is 0 Å². The maximum atomic E-state index is 14.0. The van der Waals surface area contributed by atoms with Crippen LogP contribution in [0.2, 0.25) is 5.02 Å². The third kappa shape index (κ3) is 22.1. The molecule has 2 unspecified atom stereocenters. The van der Waals surface area contributed by atoms with E-state index in [1.54, 1.807) is 63.2 Å². The standard InChI is InChI=1S/C43H44ClN5O10.C9H19NO2.C2H6.CH3Cl/c1-24(50)21-45-40(55)33-19-25-6-17-35(58-42(57)59-43(2,3)4)32(18-25)31-20-29(13-16-34(31)51)38(41(56)46-22-36(52)48-33)49(5)37(53)23-47-39(54)28-9-7-26(8-10-28)27-11-14-30(44)15-12-27;1-5-6-7-10-8(11)12-9(2,3)4;2*1-2/h6-18,20,33,38,51H,19,21-23H2,1-5H3,(H,45,55)(H,46,56)(H,47,54)(H,48,52);5-7H2,1-4H3,(H,10,11);1-2H3;1H3. The molecule has 75 heavy (non-hydrogen) atoms. The van der Waals surface area contributed by atoms with Crippen LogP contribution in [-0.2, 0) is 39.9 Å². The summed E-state index contributed by atoms with van der Waals surface area (Å²) < 4.78 is 16.0. The van der Waals surface area contributed by atoms with Crippen molar-refractivity contribution in [3.63, 3.8) is 0 Å². The Balaban J connectivity index is 0.00000105. The van der Waals surface area contributed by atoms with Crippen LogP contribution in [0.4, 0.5) is 9.59 Å². The molecule has 6 N–H and O–H groups in total. The molecule has 1 aliphatic heterocycles. The van der Waals surface area contributed by atoms with Crippen molar-refractivity contribution < 1.29 is 57.7 Å².